The molecule has 7 heteroatoms. The van der Waals surface area contributed by atoms with Crippen molar-refractivity contribution in [2.45, 2.75) is 64.0 Å². The number of aromatic nitrogens is 1. The van der Waals surface area contributed by atoms with Crippen molar-refractivity contribution in [1.82, 2.24) is 14.8 Å². The van der Waals surface area contributed by atoms with Gasteiger partial charge in [-0.3, -0.25) is 14.4 Å². The third-order valence-electron chi connectivity index (χ3n) is 6.49. The van der Waals surface area contributed by atoms with Crippen LogP contribution in [0.25, 0.3) is 0 Å². The lowest BCUT2D eigenvalue weighted by Gasteiger charge is -2.26. The minimum absolute atomic E-state index is 0.0434. The Balaban J connectivity index is 1.52. The van der Waals surface area contributed by atoms with E-state index in [9.17, 15) is 14.4 Å². The van der Waals surface area contributed by atoms with Gasteiger partial charge in [-0.1, -0.05) is 37.0 Å². The van der Waals surface area contributed by atoms with Crippen LogP contribution in [0.1, 0.15) is 77.3 Å². The van der Waals surface area contributed by atoms with Crippen LogP contribution in [-0.4, -0.2) is 47.5 Å². The number of aryl methyl sites for hydroxylation is 1. The number of nitrogens with one attached hydrogen (secondary N) is 1. The fraction of sp³-hybridized carbons (Fsp3) is 0.500. The van der Waals surface area contributed by atoms with Crippen LogP contribution >= 0.6 is 0 Å². The highest BCUT2D eigenvalue weighted by atomic mass is 16.5. The zero-order valence-corrected chi connectivity index (χ0v) is 19.5. The first-order valence-electron chi connectivity index (χ1n) is 11.9. The highest BCUT2D eigenvalue weighted by Crippen LogP contribution is 2.28. The number of amides is 2. The van der Waals surface area contributed by atoms with Gasteiger partial charge in [0.15, 0.2) is 0 Å². The summed E-state index contributed by atoms with van der Waals surface area (Å²) in [6, 6.07) is 8.06. The number of likely N-dealkylation sites (N-methyl/N-ethyl adjacent to an activating group) is 1. The second kappa shape index (κ2) is 10.2. The van der Waals surface area contributed by atoms with E-state index >= 15 is 0 Å². The first kappa shape index (κ1) is 23.1. The Bertz CT molecular complexity index is 1050. The van der Waals surface area contributed by atoms with Gasteiger partial charge in [0, 0.05) is 31.5 Å². The molecule has 0 atom stereocenters. The molecule has 2 fully saturated rings. The number of carbonyl (C=O) groups is 2. The second-order valence-corrected chi connectivity index (χ2v) is 9.29. The highest BCUT2D eigenvalue weighted by Gasteiger charge is 2.28. The van der Waals surface area contributed by atoms with E-state index in [1.807, 2.05) is 35.8 Å². The molecule has 2 amide bonds. The van der Waals surface area contributed by atoms with Crippen molar-refractivity contribution < 1.29 is 14.3 Å². The van der Waals surface area contributed by atoms with Crippen LogP contribution in [0.5, 0.6) is 5.75 Å². The summed E-state index contributed by atoms with van der Waals surface area (Å²) < 4.78 is 7.66. The van der Waals surface area contributed by atoms with Gasteiger partial charge in [0.2, 0.25) is 5.43 Å². The highest BCUT2D eigenvalue weighted by molar-refractivity contribution is 5.99. The summed E-state index contributed by atoms with van der Waals surface area (Å²) >= 11 is 0. The van der Waals surface area contributed by atoms with Gasteiger partial charge in [0.1, 0.15) is 23.5 Å². The summed E-state index contributed by atoms with van der Waals surface area (Å²) in [5.74, 6) is -0.0370. The molecule has 7 nitrogen and oxygen atoms in total. The largest absolute Gasteiger partial charge is 0.492 e. The first-order valence-corrected chi connectivity index (χ1v) is 11.9. The predicted octanol–water partition coefficient (Wildman–Crippen LogP) is 3.71. The van der Waals surface area contributed by atoms with Gasteiger partial charge < -0.3 is 19.5 Å². The van der Waals surface area contributed by atoms with E-state index in [0.29, 0.717) is 13.2 Å². The van der Waals surface area contributed by atoms with E-state index in [-0.39, 0.29) is 29.1 Å². The van der Waals surface area contributed by atoms with Crippen LogP contribution in [-0.2, 0) is 0 Å². The molecule has 176 valence electrons. The summed E-state index contributed by atoms with van der Waals surface area (Å²) in [6.45, 7) is 2.65. The van der Waals surface area contributed by atoms with E-state index in [1.54, 1.807) is 19.4 Å². The molecule has 2 aromatic rings. The van der Waals surface area contributed by atoms with E-state index in [1.165, 1.54) is 11.3 Å². The molecule has 0 bridgehead atoms. The van der Waals surface area contributed by atoms with Gasteiger partial charge in [-0.05, 0) is 44.7 Å². The Kier molecular flexibility index (Phi) is 7.16. The van der Waals surface area contributed by atoms with Crippen LogP contribution in [0, 0.1) is 6.92 Å². The standard InChI is InChI=1S/C26H33N3O4/c1-18-8-12-21(13-9-18)33-15-14-28(2)26(32)23-17-29(20-6-4-3-5-7-20)16-22(24(23)30)25(31)27-19-10-11-19/h8-9,12-13,16-17,19-20H,3-7,10-11,14-15H2,1-2H3,(H,27,31). The molecule has 0 saturated heterocycles. The summed E-state index contributed by atoms with van der Waals surface area (Å²) in [5, 5.41) is 2.90. The van der Waals surface area contributed by atoms with Gasteiger partial charge in [-0.2, -0.15) is 0 Å². The lowest BCUT2D eigenvalue weighted by atomic mass is 9.95. The third kappa shape index (κ3) is 5.83. The molecule has 1 aromatic carbocycles. The normalized spacial score (nSPS) is 16.3. The zero-order chi connectivity index (χ0) is 23.4. The van der Waals surface area contributed by atoms with Crippen LogP contribution in [0.3, 0.4) is 0 Å². The smallest absolute Gasteiger partial charge is 0.259 e. The van der Waals surface area contributed by atoms with Crippen molar-refractivity contribution in [2.24, 2.45) is 0 Å². The van der Waals surface area contributed by atoms with Crippen molar-refractivity contribution in [3.8, 4) is 5.75 Å². The van der Waals surface area contributed by atoms with Crippen LogP contribution in [0.2, 0.25) is 0 Å². The molecule has 1 heterocycles. The zero-order valence-electron chi connectivity index (χ0n) is 19.5. The molecule has 1 aromatic heterocycles. The molecule has 0 unspecified atom stereocenters. The fourth-order valence-corrected chi connectivity index (χ4v) is 4.23. The lowest BCUT2D eigenvalue weighted by molar-refractivity contribution is 0.0771. The summed E-state index contributed by atoms with van der Waals surface area (Å²) in [7, 11) is 1.65. The van der Waals surface area contributed by atoms with Crippen LogP contribution in [0.15, 0.2) is 41.5 Å². The number of rotatable bonds is 8. The molecule has 2 aliphatic carbocycles. The molecule has 1 N–H and O–H groups in total. The van der Waals surface area contributed by atoms with Crippen molar-refractivity contribution in [1.29, 1.82) is 0 Å². The number of hydrogen-bond acceptors (Lipinski definition) is 4. The second-order valence-electron chi connectivity index (χ2n) is 9.29. The summed E-state index contributed by atoms with van der Waals surface area (Å²) in [6.07, 6.45) is 10.6. The van der Waals surface area contributed by atoms with Crippen molar-refractivity contribution in [2.75, 3.05) is 20.2 Å². The molecule has 0 aliphatic heterocycles. The van der Waals surface area contributed by atoms with Gasteiger partial charge in [-0.25, -0.2) is 0 Å². The lowest BCUT2D eigenvalue weighted by Crippen LogP contribution is -2.38. The van der Waals surface area contributed by atoms with Gasteiger partial charge in [0.05, 0.1) is 6.54 Å². The Hall–Kier alpha value is -3.09. The number of hydrogen-bond donors (Lipinski definition) is 1. The third-order valence-corrected chi connectivity index (χ3v) is 6.49. The number of pyridine rings is 1. The Morgan fingerprint density at radius 2 is 1.70 bits per heavy atom. The first-order chi connectivity index (χ1) is 15.9. The molecule has 2 saturated carbocycles. The molecule has 0 spiro atoms. The Morgan fingerprint density at radius 1 is 1.03 bits per heavy atom. The van der Waals surface area contributed by atoms with E-state index in [2.05, 4.69) is 5.32 Å². The van der Waals surface area contributed by atoms with E-state index < -0.39 is 11.3 Å². The van der Waals surface area contributed by atoms with Crippen LogP contribution in [0.4, 0.5) is 0 Å². The van der Waals surface area contributed by atoms with Gasteiger partial charge in [0.25, 0.3) is 11.8 Å². The molecular formula is C26H33N3O4. The summed E-state index contributed by atoms with van der Waals surface area (Å²) in [4.78, 5) is 40.7. The molecule has 4 rings (SSSR count). The quantitative estimate of drug-likeness (QED) is 0.664. The molecule has 2 aliphatic rings. The van der Waals surface area contributed by atoms with Gasteiger partial charge in [-0.15, -0.1) is 0 Å². The van der Waals surface area contributed by atoms with Crippen molar-refractivity contribution in [3.05, 3.63) is 63.6 Å². The molecule has 33 heavy (non-hydrogen) atoms. The average molecular weight is 452 g/mol. The predicted molar refractivity (Wildman–Crippen MR) is 127 cm³/mol. The maximum absolute atomic E-state index is 13.2. The van der Waals surface area contributed by atoms with Gasteiger partial charge >= 0.3 is 0 Å². The number of nitrogens with zero attached hydrogens (tertiary/aromatic N) is 2. The summed E-state index contributed by atoms with van der Waals surface area (Å²) in [5.41, 5.74) is 0.746. The maximum Gasteiger partial charge on any atom is 0.259 e. The van der Waals surface area contributed by atoms with Crippen molar-refractivity contribution in [3.63, 3.8) is 0 Å². The minimum atomic E-state index is -0.503. The Morgan fingerprint density at radius 3 is 2.36 bits per heavy atom. The SMILES string of the molecule is Cc1ccc(OCCN(C)C(=O)c2cn(C3CCCCC3)cc(C(=O)NC3CC3)c2=O)cc1. The molecule has 0 radical (unpaired) electrons. The average Bonchev–Trinajstić information content (AvgIpc) is 3.64. The van der Waals surface area contributed by atoms with Crippen LogP contribution < -0.4 is 15.5 Å². The fourth-order valence-electron chi connectivity index (χ4n) is 4.23. The van der Waals surface area contributed by atoms with E-state index in [4.69, 9.17) is 4.74 Å². The number of benzene rings is 1. The number of ether oxygens (including phenoxy) is 1. The van der Waals surface area contributed by atoms with Crippen molar-refractivity contribution >= 4 is 11.8 Å². The number of carbonyl (C=O) groups excluding carboxylic acids is 2. The Labute approximate surface area is 194 Å². The maximum atomic E-state index is 13.2. The minimum Gasteiger partial charge on any atom is -0.492 e. The van der Waals surface area contributed by atoms with E-state index in [0.717, 1.165) is 49.8 Å². The topological polar surface area (TPSA) is 80.6 Å². The molecular weight excluding hydrogens is 418 g/mol. The monoisotopic (exact) mass is 451 g/mol.